The molecule has 0 spiro atoms. The quantitative estimate of drug-likeness (QED) is 0.560. The van der Waals surface area contributed by atoms with E-state index < -0.39 is 0 Å². The van der Waals surface area contributed by atoms with Crippen molar-refractivity contribution < 1.29 is 28.5 Å². The second kappa shape index (κ2) is 7.31. The van der Waals surface area contributed by atoms with Gasteiger partial charge in [0.1, 0.15) is 6.54 Å². The lowest BCUT2D eigenvalue weighted by atomic mass is 10.1. The van der Waals surface area contributed by atoms with Gasteiger partial charge in [0.25, 0.3) is 0 Å². The minimum atomic E-state index is 0. The molecule has 0 aliphatic heterocycles. The second-order valence-electron chi connectivity index (χ2n) is 4.16. The predicted octanol–water partition coefficient (Wildman–Crippen LogP) is 0.477. The van der Waals surface area contributed by atoms with E-state index >= 15 is 0 Å². The maximum atomic E-state index is 2.23. The third-order valence-electron chi connectivity index (χ3n) is 2.84. The van der Waals surface area contributed by atoms with Crippen LogP contribution in [0.3, 0.4) is 0 Å². The average molecular weight is 351 g/mol. The standard InChI is InChI=1S/C16H18N.HI/c1-3-17-13-5-4-6-16(17)12-11-15-9-7-14(2)8-10-15;/h4-13H,3H2,1-2H3;1H/q+1;/p-1. The molecule has 2 aromatic rings. The maximum Gasteiger partial charge on any atom is 0.205 e. The molecule has 94 valence electrons. The van der Waals surface area contributed by atoms with Gasteiger partial charge in [-0.25, -0.2) is 0 Å². The Balaban J connectivity index is 0.00000162. The van der Waals surface area contributed by atoms with Gasteiger partial charge in [-0.2, -0.15) is 4.57 Å². The second-order valence-corrected chi connectivity index (χ2v) is 4.16. The minimum Gasteiger partial charge on any atom is -1.00 e. The summed E-state index contributed by atoms with van der Waals surface area (Å²) in [6.45, 7) is 5.26. The van der Waals surface area contributed by atoms with Crippen LogP contribution in [-0.2, 0) is 6.54 Å². The zero-order valence-corrected chi connectivity index (χ0v) is 13.0. The van der Waals surface area contributed by atoms with Crippen molar-refractivity contribution in [3.63, 3.8) is 0 Å². The van der Waals surface area contributed by atoms with Gasteiger partial charge in [-0.15, -0.1) is 0 Å². The van der Waals surface area contributed by atoms with Crippen LogP contribution < -0.4 is 28.5 Å². The molecule has 0 atom stereocenters. The third kappa shape index (κ3) is 3.95. The first kappa shape index (κ1) is 14.9. The van der Waals surface area contributed by atoms with Crippen molar-refractivity contribution in [3.05, 3.63) is 65.5 Å². The molecule has 1 aromatic heterocycles. The van der Waals surface area contributed by atoms with Crippen molar-refractivity contribution in [1.82, 2.24) is 0 Å². The van der Waals surface area contributed by atoms with E-state index in [1.807, 2.05) is 0 Å². The van der Waals surface area contributed by atoms with Crippen LogP contribution in [0.5, 0.6) is 0 Å². The normalized spacial score (nSPS) is 10.3. The van der Waals surface area contributed by atoms with Crippen LogP contribution >= 0.6 is 0 Å². The molecule has 18 heavy (non-hydrogen) atoms. The van der Waals surface area contributed by atoms with Crippen LogP contribution in [0.15, 0.2) is 48.7 Å². The van der Waals surface area contributed by atoms with Gasteiger partial charge in [-0.3, -0.25) is 0 Å². The number of nitrogens with zero attached hydrogens (tertiary/aromatic N) is 1. The smallest absolute Gasteiger partial charge is 0.205 e. The van der Waals surface area contributed by atoms with Crippen LogP contribution in [0.25, 0.3) is 12.2 Å². The van der Waals surface area contributed by atoms with Crippen molar-refractivity contribution in [3.8, 4) is 0 Å². The lowest BCUT2D eigenvalue weighted by Crippen LogP contribution is -3.00. The van der Waals surface area contributed by atoms with Crippen LogP contribution in [0.1, 0.15) is 23.7 Å². The summed E-state index contributed by atoms with van der Waals surface area (Å²) in [7, 11) is 0. The Morgan fingerprint density at radius 3 is 2.39 bits per heavy atom. The molecule has 1 nitrogen and oxygen atoms in total. The van der Waals surface area contributed by atoms with E-state index in [0.29, 0.717) is 0 Å². The van der Waals surface area contributed by atoms with Gasteiger partial charge >= 0.3 is 0 Å². The number of halogens is 1. The predicted molar refractivity (Wildman–Crippen MR) is 72.4 cm³/mol. The highest BCUT2D eigenvalue weighted by atomic mass is 127. The summed E-state index contributed by atoms with van der Waals surface area (Å²) in [5.41, 5.74) is 3.77. The Hall–Kier alpha value is -1.16. The largest absolute Gasteiger partial charge is 1.00 e. The maximum absolute atomic E-state index is 2.23. The van der Waals surface area contributed by atoms with Gasteiger partial charge in [0.2, 0.25) is 5.69 Å². The summed E-state index contributed by atoms with van der Waals surface area (Å²) in [6.07, 6.45) is 6.42. The first-order chi connectivity index (χ1) is 8.29. The monoisotopic (exact) mass is 351 g/mol. The number of aryl methyl sites for hydroxylation is 2. The van der Waals surface area contributed by atoms with Gasteiger partial charge in [-0.1, -0.05) is 29.8 Å². The van der Waals surface area contributed by atoms with Crippen LogP contribution in [0, 0.1) is 6.92 Å². The molecule has 2 rings (SSSR count). The highest BCUT2D eigenvalue weighted by Gasteiger charge is 2.01. The van der Waals surface area contributed by atoms with E-state index in [9.17, 15) is 0 Å². The number of rotatable bonds is 3. The summed E-state index contributed by atoms with van der Waals surface area (Å²) in [5.74, 6) is 0. The van der Waals surface area contributed by atoms with E-state index in [1.165, 1.54) is 16.8 Å². The molecular weight excluding hydrogens is 333 g/mol. The van der Waals surface area contributed by atoms with Crippen molar-refractivity contribution in [2.24, 2.45) is 0 Å². The van der Waals surface area contributed by atoms with Crippen LogP contribution in [0.4, 0.5) is 0 Å². The molecule has 0 N–H and O–H groups in total. The fourth-order valence-corrected chi connectivity index (χ4v) is 1.79. The molecule has 0 amide bonds. The van der Waals surface area contributed by atoms with E-state index in [-0.39, 0.29) is 24.0 Å². The molecule has 0 aliphatic carbocycles. The summed E-state index contributed by atoms with van der Waals surface area (Å²) < 4.78 is 2.23. The summed E-state index contributed by atoms with van der Waals surface area (Å²) in [5, 5.41) is 0. The Morgan fingerprint density at radius 1 is 1.00 bits per heavy atom. The first-order valence-corrected chi connectivity index (χ1v) is 6.03. The summed E-state index contributed by atoms with van der Waals surface area (Å²) >= 11 is 0. The highest BCUT2D eigenvalue weighted by Crippen LogP contribution is 2.07. The molecule has 1 heterocycles. The van der Waals surface area contributed by atoms with Gasteiger partial charge in [0, 0.05) is 18.2 Å². The van der Waals surface area contributed by atoms with Gasteiger partial charge in [-0.05, 0) is 31.6 Å². The Bertz CT molecular complexity index is 515. The fourth-order valence-electron chi connectivity index (χ4n) is 1.79. The Kier molecular flexibility index (Phi) is 6.05. The van der Waals surface area contributed by atoms with Gasteiger partial charge in [0.15, 0.2) is 6.20 Å². The number of aromatic nitrogens is 1. The van der Waals surface area contributed by atoms with E-state index in [4.69, 9.17) is 0 Å². The van der Waals surface area contributed by atoms with Crippen molar-refractivity contribution >= 4 is 12.2 Å². The van der Waals surface area contributed by atoms with E-state index in [2.05, 4.69) is 79.2 Å². The van der Waals surface area contributed by atoms with Crippen LogP contribution in [0.2, 0.25) is 0 Å². The van der Waals surface area contributed by atoms with Crippen molar-refractivity contribution in [2.75, 3.05) is 0 Å². The molecule has 0 unspecified atom stereocenters. The van der Waals surface area contributed by atoms with Gasteiger partial charge in [0.05, 0.1) is 0 Å². The Morgan fingerprint density at radius 2 is 1.72 bits per heavy atom. The molecule has 1 aromatic carbocycles. The number of pyridine rings is 1. The molecule has 0 bridgehead atoms. The van der Waals surface area contributed by atoms with E-state index in [1.54, 1.807) is 0 Å². The van der Waals surface area contributed by atoms with Crippen molar-refractivity contribution in [1.29, 1.82) is 0 Å². The van der Waals surface area contributed by atoms with E-state index in [0.717, 1.165) is 6.54 Å². The molecule has 2 heteroatoms. The molecule has 0 radical (unpaired) electrons. The van der Waals surface area contributed by atoms with Gasteiger partial charge < -0.3 is 24.0 Å². The molecular formula is C16H18IN. The van der Waals surface area contributed by atoms with Crippen LogP contribution in [-0.4, -0.2) is 0 Å². The lowest BCUT2D eigenvalue weighted by molar-refractivity contribution is -0.695. The molecule has 0 saturated heterocycles. The molecule has 0 saturated carbocycles. The number of benzene rings is 1. The highest BCUT2D eigenvalue weighted by molar-refractivity contribution is 5.66. The molecule has 0 fully saturated rings. The average Bonchev–Trinajstić information content (AvgIpc) is 2.38. The third-order valence-corrected chi connectivity index (χ3v) is 2.84. The lowest BCUT2D eigenvalue weighted by Gasteiger charge is -1.97. The molecule has 0 aliphatic rings. The SMILES string of the molecule is CC[n+]1ccccc1C=Cc1ccc(C)cc1.[I-]. The fraction of sp³-hybridized carbons (Fsp3) is 0.188. The van der Waals surface area contributed by atoms with Crippen molar-refractivity contribution in [2.45, 2.75) is 20.4 Å². The zero-order valence-electron chi connectivity index (χ0n) is 10.8. The Labute approximate surface area is 126 Å². The number of hydrogen-bond donors (Lipinski definition) is 0. The summed E-state index contributed by atoms with van der Waals surface area (Å²) in [6, 6.07) is 14.8. The topological polar surface area (TPSA) is 3.88 Å². The first-order valence-electron chi connectivity index (χ1n) is 6.03. The number of hydrogen-bond acceptors (Lipinski definition) is 0. The zero-order chi connectivity index (χ0) is 12.1. The summed E-state index contributed by atoms with van der Waals surface area (Å²) in [4.78, 5) is 0. The minimum absolute atomic E-state index is 0.